The van der Waals surface area contributed by atoms with Crippen LogP contribution in [0.1, 0.15) is 24.8 Å². The van der Waals surface area contributed by atoms with Crippen molar-refractivity contribution in [1.29, 1.82) is 0 Å². The van der Waals surface area contributed by atoms with Crippen LogP contribution in [0.15, 0.2) is 30.3 Å². The topological polar surface area (TPSA) is 71.2 Å². The number of amides is 1. The van der Waals surface area contributed by atoms with E-state index in [1.807, 2.05) is 30.3 Å². The first kappa shape index (κ1) is 16.7. The van der Waals surface area contributed by atoms with Crippen LogP contribution in [0, 0.1) is 6.57 Å². The lowest BCUT2D eigenvalue weighted by molar-refractivity contribution is -0.192. The van der Waals surface area contributed by atoms with E-state index in [2.05, 4.69) is 4.85 Å². The highest BCUT2D eigenvalue weighted by atomic mass is 16.7. The molecule has 6 nitrogen and oxygen atoms in total. The Morgan fingerprint density at radius 1 is 1.24 bits per heavy atom. The van der Waals surface area contributed by atoms with Crippen molar-refractivity contribution in [2.24, 2.45) is 0 Å². The monoisotopic (exact) mass is 290 g/mol. The van der Waals surface area contributed by atoms with E-state index in [4.69, 9.17) is 16.5 Å². The number of carboxylic acids is 1. The van der Waals surface area contributed by atoms with Gasteiger partial charge >= 0.3 is 5.97 Å². The van der Waals surface area contributed by atoms with Crippen LogP contribution >= 0.6 is 0 Å². The second-order valence-electron chi connectivity index (χ2n) is 4.38. The van der Waals surface area contributed by atoms with Crippen LogP contribution in [0.5, 0.6) is 0 Å². The van der Waals surface area contributed by atoms with E-state index < -0.39 is 5.97 Å². The van der Waals surface area contributed by atoms with Gasteiger partial charge in [-0.2, -0.15) is 0 Å². The van der Waals surface area contributed by atoms with Crippen molar-refractivity contribution >= 4 is 11.9 Å². The second-order valence-corrected chi connectivity index (χ2v) is 4.38. The molecule has 1 N–H and O–H groups in total. The maximum atomic E-state index is 11.9. The first-order chi connectivity index (χ1) is 10.1. The number of aliphatic carboxylic acids is 1. The number of carbonyl (C=O) groups is 2. The number of nitrogens with zero attached hydrogens (tertiary/aromatic N) is 2. The SMILES string of the molecule is [C-]#[N+]CCCN(OCc1ccccc1)C(=O)CCC(=O)O. The van der Waals surface area contributed by atoms with Gasteiger partial charge in [-0.3, -0.25) is 14.4 Å². The lowest BCUT2D eigenvalue weighted by Gasteiger charge is -2.21. The van der Waals surface area contributed by atoms with Gasteiger partial charge in [0.25, 0.3) is 0 Å². The van der Waals surface area contributed by atoms with Crippen molar-refractivity contribution in [3.8, 4) is 0 Å². The normalized spacial score (nSPS) is 9.86. The Bertz CT molecular complexity index is 496. The predicted molar refractivity (Wildman–Crippen MR) is 75.9 cm³/mol. The van der Waals surface area contributed by atoms with Crippen molar-refractivity contribution in [3.05, 3.63) is 47.3 Å². The molecule has 1 amide bonds. The summed E-state index contributed by atoms with van der Waals surface area (Å²) in [5.74, 6) is -1.40. The molecule has 0 atom stereocenters. The van der Waals surface area contributed by atoms with Crippen molar-refractivity contribution in [1.82, 2.24) is 5.06 Å². The van der Waals surface area contributed by atoms with Crippen molar-refractivity contribution in [2.45, 2.75) is 25.9 Å². The third-order valence-electron chi connectivity index (χ3n) is 2.69. The van der Waals surface area contributed by atoms with Crippen molar-refractivity contribution in [3.63, 3.8) is 0 Å². The maximum absolute atomic E-state index is 11.9. The predicted octanol–water partition coefficient (Wildman–Crippen LogP) is 2.12. The molecule has 0 heterocycles. The van der Waals surface area contributed by atoms with Crippen LogP contribution in [0.3, 0.4) is 0 Å². The van der Waals surface area contributed by atoms with Crippen LogP contribution in [0.4, 0.5) is 0 Å². The van der Waals surface area contributed by atoms with Crippen LogP contribution in [-0.2, 0) is 21.0 Å². The van der Waals surface area contributed by atoms with E-state index in [1.165, 1.54) is 5.06 Å². The maximum Gasteiger partial charge on any atom is 0.303 e. The Morgan fingerprint density at radius 2 is 1.95 bits per heavy atom. The molecule has 0 unspecified atom stereocenters. The Morgan fingerprint density at radius 3 is 2.57 bits per heavy atom. The molecule has 1 aromatic carbocycles. The van der Waals surface area contributed by atoms with Gasteiger partial charge < -0.3 is 9.95 Å². The van der Waals surface area contributed by atoms with Crippen LogP contribution in [0.2, 0.25) is 0 Å². The number of benzene rings is 1. The van der Waals surface area contributed by atoms with E-state index >= 15 is 0 Å². The van der Waals surface area contributed by atoms with E-state index in [-0.39, 0.29) is 31.9 Å². The van der Waals surface area contributed by atoms with Crippen LogP contribution in [-0.4, -0.2) is 35.1 Å². The molecular formula is C15H18N2O4. The van der Waals surface area contributed by atoms with Gasteiger partial charge in [0.15, 0.2) is 0 Å². The quantitative estimate of drug-likeness (QED) is 0.429. The molecular weight excluding hydrogens is 272 g/mol. The summed E-state index contributed by atoms with van der Waals surface area (Å²) in [6.07, 6.45) is 0.159. The Kier molecular flexibility index (Phi) is 7.54. The zero-order chi connectivity index (χ0) is 15.5. The highest BCUT2D eigenvalue weighted by Gasteiger charge is 2.16. The summed E-state index contributed by atoms with van der Waals surface area (Å²) >= 11 is 0. The summed E-state index contributed by atoms with van der Waals surface area (Å²) in [6.45, 7) is 7.55. The third-order valence-corrected chi connectivity index (χ3v) is 2.69. The highest BCUT2D eigenvalue weighted by Crippen LogP contribution is 2.06. The fraction of sp³-hybridized carbons (Fsp3) is 0.400. The largest absolute Gasteiger partial charge is 0.481 e. The molecule has 112 valence electrons. The summed E-state index contributed by atoms with van der Waals surface area (Å²) in [5, 5.41) is 9.78. The van der Waals surface area contributed by atoms with Gasteiger partial charge in [0.05, 0.1) is 13.0 Å². The molecule has 0 saturated carbocycles. The molecule has 0 spiro atoms. The van der Waals surface area contributed by atoms with E-state index in [0.717, 1.165) is 5.56 Å². The standard InChI is InChI=1S/C15H18N2O4/c1-16-10-5-11-17(14(18)8-9-15(19)20)21-12-13-6-3-2-4-7-13/h2-4,6-7H,5,8-12H2,(H,19,20). The summed E-state index contributed by atoms with van der Waals surface area (Å²) in [5.41, 5.74) is 0.915. The number of hydrogen-bond acceptors (Lipinski definition) is 3. The lowest BCUT2D eigenvalue weighted by Crippen LogP contribution is -2.32. The van der Waals surface area contributed by atoms with E-state index in [0.29, 0.717) is 13.0 Å². The van der Waals surface area contributed by atoms with Gasteiger partial charge in [-0.1, -0.05) is 30.3 Å². The Hall–Kier alpha value is -2.39. The fourth-order valence-corrected chi connectivity index (χ4v) is 1.62. The summed E-state index contributed by atoms with van der Waals surface area (Å²) in [4.78, 5) is 31.1. The molecule has 6 heteroatoms. The molecule has 0 aliphatic rings. The molecule has 0 aromatic heterocycles. The number of carbonyl (C=O) groups excluding carboxylic acids is 1. The molecule has 1 aromatic rings. The summed E-state index contributed by atoms with van der Waals surface area (Å²) in [6, 6.07) is 9.37. The van der Waals surface area contributed by atoms with Gasteiger partial charge in [-0.05, 0) is 5.56 Å². The average Bonchev–Trinajstić information content (AvgIpc) is 2.49. The first-order valence-electron chi connectivity index (χ1n) is 6.65. The highest BCUT2D eigenvalue weighted by molar-refractivity contribution is 5.79. The molecule has 21 heavy (non-hydrogen) atoms. The van der Waals surface area contributed by atoms with E-state index in [9.17, 15) is 9.59 Å². The van der Waals surface area contributed by atoms with Crippen LogP contribution < -0.4 is 0 Å². The minimum absolute atomic E-state index is 0.109. The number of rotatable bonds is 9. The second kappa shape index (κ2) is 9.50. The molecule has 0 aliphatic carbocycles. The Balaban J connectivity index is 2.52. The average molecular weight is 290 g/mol. The van der Waals surface area contributed by atoms with Crippen LogP contribution in [0.25, 0.3) is 4.85 Å². The van der Waals surface area contributed by atoms with Gasteiger partial charge in [0.2, 0.25) is 12.5 Å². The van der Waals surface area contributed by atoms with Gasteiger partial charge in [0.1, 0.15) is 6.61 Å². The van der Waals surface area contributed by atoms with Gasteiger partial charge in [-0.25, -0.2) is 11.6 Å². The molecule has 0 aliphatic heterocycles. The zero-order valence-corrected chi connectivity index (χ0v) is 11.7. The Labute approximate surface area is 123 Å². The molecule has 0 saturated heterocycles. The van der Waals surface area contributed by atoms with E-state index in [1.54, 1.807) is 0 Å². The molecule has 0 radical (unpaired) electrons. The number of hydroxylamine groups is 2. The molecule has 1 rings (SSSR count). The minimum Gasteiger partial charge on any atom is -0.481 e. The van der Waals surface area contributed by atoms with Gasteiger partial charge in [0, 0.05) is 12.8 Å². The fourth-order valence-electron chi connectivity index (χ4n) is 1.62. The lowest BCUT2D eigenvalue weighted by atomic mass is 10.2. The smallest absolute Gasteiger partial charge is 0.303 e. The van der Waals surface area contributed by atoms with Crippen molar-refractivity contribution in [2.75, 3.05) is 13.1 Å². The summed E-state index contributed by atoms with van der Waals surface area (Å²) in [7, 11) is 0. The number of carboxylic acid groups (broad SMARTS) is 1. The number of hydrogen-bond donors (Lipinski definition) is 1. The zero-order valence-electron chi connectivity index (χ0n) is 11.7. The summed E-state index contributed by atoms with van der Waals surface area (Å²) < 4.78 is 0. The first-order valence-corrected chi connectivity index (χ1v) is 6.65. The minimum atomic E-state index is -1.02. The third kappa shape index (κ3) is 7.09. The van der Waals surface area contributed by atoms with Gasteiger partial charge in [-0.15, -0.1) is 0 Å². The molecule has 0 bridgehead atoms. The molecule has 0 fully saturated rings. The van der Waals surface area contributed by atoms with Crippen molar-refractivity contribution < 1.29 is 19.5 Å².